The van der Waals surface area contributed by atoms with Gasteiger partial charge in [0.2, 0.25) is 0 Å². The van der Waals surface area contributed by atoms with Gasteiger partial charge in [0, 0.05) is 19.3 Å². The quantitative estimate of drug-likeness (QED) is 0.0261. The van der Waals surface area contributed by atoms with E-state index in [1.54, 1.807) is 0 Å². The van der Waals surface area contributed by atoms with Crippen molar-refractivity contribution in [3.05, 3.63) is 72.9 Å². The smallest absolute Gasteiger partial charge is 0.306 e. The molecule has 0 saturated carbocycles. The lowest BCUT2D eigenvalue weighted by Crippen LogP contribution is -2.30. The Morgan fingerprint density at radius 1 is 0.250 bits per heavy atom. The first-order valence-corrected chi connectivity index (χ1v) is 34.9. The van der Waals surface area contributed by atoms with Crippen molar-refractivity contribution in [2.24, 2.45) is 0 Å². The van der Waals surface area contributed by atoms with Crippen molar-refractivity contribution in [1.29, 1.82) is 0 Å². The summed E-state index contributed by atoms with van der Waals surface area (Å²) in [6.45, 7) is 6.65. The van der Waals surface area contributed by atoms with Crippen LogP contribution in [0, 0.1) is 0 Å². The number of ether oxygens (including phenoxy) is 3. The fourth-order valence-electron chi connectivity index (χ4n) is 10.2. The monoisotopic (exact) mass is 1120 g/mol. The minimum absolute atomic E-state index is 0.0747. The highest BCUT2D eigenvalue weighted by Crippen LogP contribution is 2.17. The first-order valence-electron chi connectivity index (χ1n) is 34.9. The number of carbonyl (C=O) groups is 3. The maximum Gasteiger partial charge on any atom is 0.306 e. The maximum absolute atomic E-state index is 12.9. The third-order valence-corrected chi connectivity index (χ3v) is 15.4. The fraction of sp³-hybridized carbons (Fsp3) is 0.797. The summed E-state index contributed by atoms with van der Waals surface area (Å²) in [6.07, 6.45) is 89.2. The Balaban J connectivity index is 4.28. The van der Waals surface area contributed by atoms with E-state index < -0.39 is 6.10 Å². The van der Waals surface area contributed by atoms with Crippen LogP contribution in [0.1, 0.15) is 361 Å². The molecule has 0 aliphatic heterocycles. The van der Waals surface area contributed by atoms with Gasteiger partial charge in [-0.3, -0.25) is 14.4 Å². The van der Waals surface area contributed by atoms with Crippen molar-refractivity contribution in [3.8, 4) is 0 Å². The second kappa shape index (κ2) is 68.3. The molecule has 464 valence electrons. The van der Waals surface area contributed by atoms with Gasteiger partial charge in [0.1, 0.15) is 13.2 Å². The van der Waals surface area contributed by atoms with Crippen LogP contribution in [0.25, 0.3) is 0 Å². The second-order valence-electron chi connectivity index (χ2n) is 23.4. The minimum atomic E-state index is -0.779. The number of allylic oxidation sites excluding steroid dienone is 12. The summed E-state index contributed by atoms with van der Waals surface area (Å²) in [5.74, 6) is -0.864. The van der Waals surface area contributed by atoms with Crippen LogP contribution in [0.15, 0.2) is 72.9 Å². The minimum Gasteiger partial charge on any atom is -0.462 e. The van der Waals surface area contributed by atoms with E-state index in [1.165, 1.54) is 238 Å². The van der Waals surface area contributed by atoms with E-state index in [9.17, 15) is 14.4 Å². The highest BCUT2D eigenvalue weighted by molar-refractivity contribution is 5.71. The van der Waals surface area contributed by atoms with E-state index in [0.29, 0.717) is 19.3 Å². The van der Waals surface area contributed by atoms with Gasteiger partial charge in [-0.25, -0.2) is 0 Å². The number of rotatable bonds is 64. The van der Waals surface area contributed by atoms with Gasteiger partial charge in [0.25, 0.3) is 0 Å². The molecular weight excluding hydrogens is 985 g/mol. The van der Waals surface area contributed by atoms with Gasteiger partial charge in [-0.05, 0) is 96.3 Å². The number of esters is 3. The second-order valence-corrected chi connectivity index (χ2v) is 23.4. The van der Waals surface area contributed by atoms with E-state index in [-0.39, 0.29) is 31.1 Å². The highest BCUT2D eigenvalue weighted by Gasteiger charge is 2.19. The zero-order valence-corrected chi connectivity index (χ0v) is 53.3. The van der Waals surface area contributed by atoms with Crippen LogP contribution in [0.5, 0.6) is 0 Å². The van der Waals surface area contributed by atoms with E-state index >= 15 is 0 Å². The van der Waals surface area contributed by atoms with Crippen molar-refractivity contribution in [2.45, 2.75) is 367 Å². The summed E-state index contributed by atoms with van der Waals surface area (Å²) in [6, 6.07) is 0. The van der Waals surface area contributed by atoms with Crippen LogP contribution in [-0.4, -0.2) is 37.2 Å². The first-order chi connectivity index (χ1) is 39.5. The molecule has 0 N–H and O–H groups in total. The van der Waals surface area contributed by atoms with Crippen molar-refractivity contribution in [3.63, 3.8) is 0 Å². The Bertz CT molecular complexity index is 1470. The number of carbonyl (C=O) groups excluding carboxylic acids is 3. The Labute approximate surface area is 497 Å². The molecule has 0 aromatic heterocycles. The molecule has 1 unspecified atom stereocenters. The van der Waals surface area contributed by atoms with E-state index in [0.717, 1.165) is 83.5 Å². The molecule has 6 nitrogen and oxygen atoms in total. The van der Waals surface area contributed by atoms with E-state index in [4.69, 9.17) is 14.2 Å². The largest absolute Gasteiger partial charge is 0.462 e. The third-order valence-electron chi connectivity index (χ3n) is 15.4. The summed E-state index contributed by atoms with van der Waals surface area (Å²) in [4.78, 5) is 38.4. The Morgan fingerprint density at radius 2 is 0.450 bits per heavy atom. The summed E-state index contributed by atoms with van der Waals surface area (Å²) in [7, 11) is 0. The predicted octanol–water partition coefficient (Wildman–Crippen LogP) is 24.1. The van der Waals surface area contributed by atoms with Crippen molar-refractivity contribution in [1.82, 2.24) is 0 Å². The van der Waals surface area contributed by atoms with Gasteiger partial charge in [0.15, 0.2) is 6.10 Å². The topological polar surface area (TPSA) is 78.9 Å². The average Bonchev–Trinajstić information content (AvgIpc) is 3.46. The summed E-state index contributed by atoms with van der Waals surface area (Å²) >= 11 is 0. The van der Waals surface area contributed by atoms with Crippen LogP contribution in [0.4, 0.5) is 0 Å². The average molecular weight is 1120 g/mol. The van der Waals surface area contributed by atoms with Crippen molar-refractivity contribution in [2.75, 3.05) is 13.2 Å². The molecule has 0 amide bonds. The van der Waals surface area contributed by atoms with Crippen LogP contribution in [0.3, 0.4) is 0 Å². The van der Waals surface area contributed by atoms with Crippen LogP contribution >= 0.6 is 0 Å². The molecule has 1 atom stereocenters. The molecule has 0 bridgehead atoms. The molecule has 0 rings (SSSR count). The standard InChI is InChI=1S/C74H132O6/c1-4-7-10-13-16-19-22-25-27-29-31-33-35-37-39-41-43-45-47-49-52-55-58-61-64-67-73(76)79-70-71(69-78-72(75)66-63-60-57-54-51-24-21-18-15-12-9-6-3)80-74(77)68-65-62-59-56-53-50-48-46-44-42-40-38-36-34-32-30-28-26-23-20-17-14-11-8-5-2/h22-23,25-26,29-32,35-38,71H,4-21,24,27-28,33-34,39-70H2,1-3H3/b25-22-,26-23-,31-29-,32-30-,37-35-,38-36-. The molecule has 0 aromatic rings. The number of unbranched alkanes of at least 4 members (excludes halogenated alkanes) is 41. The van der Waals surface area contributed by atoms with Gasteiger partial charge in [0.05, 0.1) is 0 Å². The normalized spacial score (nSPS) is 12.5. The van der Waals surface area contributed by atoms with Crippen LogP contribution < -0.4 is 0 Å². The van der Waals surface area contributed by atoms with Crippen LogP contribution in [-0.2, 0) is 28.6 Å². The van der Waals surface area contributed by atoms with Gasteiger partial charge in [-0.15, -0.1) is 0 Å². The summed E-state index contributed by atoms with van der Waals surface area (Å²) in [5, 5.41) is 0. The lowest BCUT2D eigenvalue weighted by Gasteiger charge is -2.18. The SMILES string of the molecule is CCCCCCC/C=C\C/C=C\C/C=C\CCCCCCCCCCCCC(=O)OCC(COC(=O)CCCCCCCCCCCCCC)OC(=O)CCCCCCCCCCCC/C=C\C/C=C\C/C=C\CCCCCCC. The molecule has 0 heterocycles. The Hall–Kier alpha value is -3.15. The molecule has 0 saturated heterocycles. The first kappa shape index (κ1) is 76.9. The molecule has 0 fully saturated rings. The Kier molecular flexibility index (Phi) is 65.7. The lowest BCUT2D eigenvalue weighted by atomic mass is 10.0. The Morgan fingerprint density at radius 3 is 0.700 bits per heavy atom. The highest BCUT2D eigenvalue weighted by atomic mass is 16.6. The van der Waals surface area contributed by atoms with Crippen molar-refractivity contribution < 1.29 is 28.6 Å². The summed E-state index contributed by atoms with van der Waals surface area (Å²) < 4.78 is 17.0. The van der Waals surface area contributed by atoms with Gasteiger partial charge in [-0.2, -0.15) is 0 Å². The van der Waals surface area contributed by atoms with E-state index in [2.05, 4.69) is 93.7 Å². The zero-order chi connectivity index (χ0) is 57.8. The molecule has 6 heteroatoms. The maximum atomic E-state index is 12.9. The summed E-state index contributed by atoms with van der Waals surface area (Å²) in [5.41, 5.74) is 0. The van der Waals surface area contributed by atoms with Gasteiger partial charge >= 0.3 is 17.9 Å². The molecule has 0 radical (unpaired) electrons. The number of hydrogen-bond donors (Lipinski definition) is 0. The van der Waals surface area contributed by atoms with Gasteiger partial charge < -0.3 is 14.2 Å². The third kappa shape index (κ3) is 65.7. The lowest BCUT2D eigenvalue weighted by molar-refractivity contribution is -0.167. The van der Waals surface area contributed by atoms with Crippen LogP contribution in [0.2, 0.25) is 0 Å². The van der Waals surface area contributed by atoms with Crippen molar-refractivity contribution >= 4 is 17.9 Å². The molecular formula is C74H132O6. The number of hydrogen-bond acceptors (Lipinski definition) is 6. The zero-order valence-electron chi connectivity index (χ0n) is 53.3. The fourth-order valence-corrected chi connectivity index (χ4v) is 10.2. The van der Waals surface area contributed by atoms with E-state index in [1.807, 2.05) is 0 Å². The van der Waals surface area contributed by atoms with Gasteiger partial charge in [-0.1, -0.05) is 318 Å². The molecule has 0 aliphatic carbocycles. The molecule has 0 aromatic carbocycles. The molecule has 0 aliphatic rings. The predicted molar refractivity (Wildman–Crippen MR) is 348 cm³/mol. The molecule has 0 spiro atoms. The molecule has 80 heavy (non-hydrogen) atoms.